The Bertz CT molecular complexity index is 1400. The normalized spacial score (nSPS) is 17.3. The van der Waals surface area contributed by atoms with Gasteiger partial charge in [0.1, 0.15) is 17.2 Å². The number of hydrogen-bond acceptors (Lipinski definition) is 8. The summed E-state index contributed by atoms with van der Waals surface area (Å²) in [5.74, 6) is 0.969. The smallest absolute Gasteiger partial charge is 0.270 e. The summed E-state index contributed by atoms with van der Waals surface area (Å²) < 4.78 is 27.5. The highest BCUT2D eigenvalue weighted by molar-refractivity contribution is 7.92. The lowest BCUT2D eigenvalue weighted by atomic mass is 10.2. The van der Waals surface area contributed by atoms with Crippen molar-refractivity contribution < 1.29 is 13.2 Å². The standard InChI is InChI=1S/C25H32N8O3S/c1-4-37(35,36)32-13-11-31(12-14-32)20-9-10-22(26-17-20)28-25-27-16-18-15-21(24(34)30(2)3)33(23(18)29-25)19-7-5-6-8-19/h4,9-10,15-17,19H,1,5-8,11-14H2,2-3H3,(H,26,27,28,29). The van der Waals surface area contributed by atoms with Crippen LogP contribution in [0, 0.1) is 0 Å². The molecule has 2 fully saturated rings. The number of carbonyl (C=O) groups is 1. The van der Waals surface area contributed by atoms with Crippen molar-refractivity contribution in [1.82, 2.24) is 28.7 Å². The first-order chi connectivity index (χ1) is 17.8. The molecule has 2 aliphatic rings. The summed E-state index contributed by atoms with van der Waals surface area (Å²) >= 11 is 0. The van der Waals surface area contributed by atoms with Gasteiger partial charge in [-0.2, -0.15) is 9.29 Å². The molecule has 1 N–H and O–H groups in total. The lowest BCUT2D eigenvalue weighted by Gasteiger charge is -2.34. The van der Waals surface area contributed by atoms with Crippen LogP contribution in [0.5, 0.6) is 0 Å². The molecular formula is C25H32N8O3S. The Kier molecular flexibility index (Phi) is 6.86. The second-order valence-corrected chi connectivity index (χ2v) is 11.5. The highest BCUT2D eigenvalue weighted by Crippen LogP contribution is 2.35. The molecule has 1 aliphatic heterocycles. The number of fused-ring (bicyclic) bond motifs is 1. The van der Waals surface area contributed by atoms with Crippen LogP contribution in [0.15, 0.2) is 42.6 Å². The summed E-state index contributed by atoms with van der Waals surface area (Å²) in [5, 5.41) is 5.01. The second-order valence-electron chi connectivity index (χ2n) is 9.63. The largest absolute Gasteiger partial charge is 0.368 e. The molecule has 4 heterocycles. The van der Waals surface area contributed by atoms with E-state index in [0.29, 0.717) is 43.6 Å². The summed E-state index contributed by atoms with van der Waals surface area (Å²) in [5.41, 5.74) is 2.31. The maximum atomic E-state index is 12.9. The number of hydrogen-bond donors (Lipinski definition) is 1. The van der Waals surface area contributed by atoms with E-state index < -0.39 is 10.0 Å². The minimum absolute atomic E-state index is 0.0420. The van der Waals surface area contributed by atoms with E-state index in [4.69, 9.17) is 4.98 Å². The average Bonchev–Trinajstić information content (AvgIpc) is 3.56. The molecule has 3 aromatic heterocycles. The predicted molar refractivity (Wildman–Crippen MR) is 143 cm³/mol. The maximum Gasteiger partial charge on any atom is 0.270 e. The van der Waals surface area contributed by atoms with Gasteiger partial charge in [0.25, 0.3) is 5.91 Å². The summed E-state index contributed by atoms with van der Waals surface area (Å²) in [7, 11) is 0.128. The number of aromatic nitrogens is 4. The molecule has 0 aromatic carbocycles. The molecule has 3 aromatic rings. The minimum atomic E-state index is -3.39. The van der Waals surface area contributed by atoms with Crippen LogP contribution in [-0.4, -0.2) is 83.3 Å². The number of nitrogens with zero attached hydrogens (tertiary/aromatic N) is 7. The monoisotopic (exact) mass is 524 g/mol. The van der Waals surface area contributed by atoms with E-state index in [2.05, 4.69) is 31.3 Å². The highest BCUT2D eigenvalue weighted by atomic mass is 32.2. The van der Waals surface area contributed by atoms with E-state index in [1.165, 1.54) is 4.31 Å². The molecular weight excluding hydrogens is 492 g/mol. The van der Waals surface area contributed by atoms with Gasteiger partial charge in [0.2, 0.25) is 16.0 Å². The summed E-state index contributed by atoms with van der Waals surface area (Å²) in [6, 6.07) is 5.93. The number of nitrogens with one attached hydrogen (secondary N) is 1. The van der Waals surface area contributed by atoms with Gasteiger partial charge in [-0.05, 0) is 31.0 Å². The Balaban J connectivity index is 1.34. The first-order valence-corrected chi connectivity index (χ1v) is 14.0. The van der Waals surface area contributed by atoms with Crippen molar-refractivity contribution in [1.29, 1.82) is 0 Å². The third-order valence-electron chi connectivity index (χ3n) is 7.05. The van der Waals surface area contributed by atoms with Gasteiger partial charge in [0.05, 0.1) is 11.9 Å². The molecule has 0 bridgehead atoms. The van der Waals surface area contributed by atoms with Crippen molar-refractivity contribution in [2.75, 3.05) is 50.5 Å². The van der Waals surface area contributed by atoms with Gasteiger partial charge in [-0.15, -0.1) is 0 Å². The first-order valence-electron chi connectivity index (χ1n) is 12.5. The molecule has 12 heteroatoms. The zero-order chi connectivity index (χ0) is 26.2. The molecule has 196 valence electrons. The molecule has 1 saturated heterocycles. The van der Waals surface area contributed by atoms with Crippen LogP contribution in [0.3, 0.4) is 0 Å². The lowest BCUT2D eigenvalue weighted by molar-refractivity contribution is 0.0815. The fourth-order valence-corrected chi connectivity index (χ4v) is 5.94. The Morgan fingerprint density at radius 3 is 2.46 bits per heavy atom. The van der Waals surface area contributed by atoms with Gasteiger partial charge in [0, 0.05) is 63.3 Å². The van der Waals surface area contributed by atoms with E-state index in [0.717, 1.165) is 47.8 Å². The molecule has 1 aliphatic carbocycles. The number of carbonyl (C=O) groups excluding carboxylic acids is 1. The second kappa shape index (κ2) is 10.1. The first kappa shape index (κ1) is 25.2. The third-order valence-corrected chi connectivity index (χ3v) is 8.56. The van der Waals surface area contributed by atoms with Gasteiger partial charge in [-0.3, -0.25) is 4.79 Å². The molecule has 5 rings (SSSR count). The number of rotatable bonds is 7. The molecule has 0 atom stereocenters. The molecule has 37 heavy (non-hydrogen) atoms. The summed E-state index contributed by atoms with van der Waals surface area (Å²) in [4.78, 5) is 30.4. The van der Waals surface area contributed by atoms with Gasteiger partial charge < -0.3 is 19.7 Å². The van der Waals surface area contributed by atoms with Gasteiger partial charge in [-0.25, -0.2) is 18.4 Å². The average molecular weight is 525 g/mol. The number of pyridine rings is 1. The Labute approximate surface area is 216 Å². The highest BCUT2D eigenvalue weighted by Gasteiger charge is 2.27. The van der Waals surface area contributed by atoms with Crippen molar-refractivity contribution >= 4 is 44.4 Å². The molecule has 1 amide bonds. The number of amides is 1. The number of piperazine rings is 1. The zero-order valence-corrected chi connectivity index (χ0v) is 22.0. The maximum absolute atomic E-state index is 12.9. The van der Waals surface area contributed by atoms with Gasteiger partial charge >= 0.3 is 0 Å². The molecule has 0 unspecified atom stereocenters. The van der Waals surface area contributed by atoms with E-state index in [9.17, 15) is 13.2 Å². The molecule has 11 nitrogen and oxygen atoms in total. The van der Waals surface area contributed by atoms with Crippen molar-refractivity contribution in [2.45, 2.75) is 31.7 Å². The lowest BCUT2D eigenvalue weighted by Crippen LogP contribution is -2.48. The SMILES string of the molecule is C=CS(=O)(=O)N1CCN(c2ccc(Nc3ncc4cc(C(=O)N(C)C)n(C5CCCC5)c4n3)nc2)CC1. The van der Waals surface area contributed by atoms with Crippen LogP contribution in [0.25, 0.3) is 11.0 Å². The van der Waals surface area contributed by atoms with Crippen LogP contribution in [-0.2, 0) is 10.0 Å². The Morgan fingerprint density at radius 1 is 1.11 bits per heavy atom. The topological polar surface area (TPSA) is 117 Å². The number of anilines is 3. The summed E-state index contributed by atoms with van der Waals surface area (Å²) in [6.45, 7) is 5.36. The Hall–Kier alpha value is -3.51. The van der Waals surface area contributed by atoms with Crippen molar-refractivity contribution in [3.05, 3.63) is 48.3 Å². The quantitative estimate of drug-likeness (QED) is 0.501. The van der Waals surface area contributed by atoms with Crippen molar-refractivity contribution in [3.8, 4) is 0 Å². The van der Waals surface area contributed by atoms with E-state index in [1.54, 1.807) is 31.4 Å². The van der Waals surface area contributed by atoms with E-state index in [1.807, 2.05) is 18.2 Å². The number of sulfonamides is 1. The fourth-order valence-electron chi connectivity index (χ4n) is 5.06. The van der Waals surface area contributed by atoms with Gasteiger partial charge in [-0.1, -0.05) is 19.4 Å². The van der Waals surface area contributed by atoms with Gasteiger partial charge in [0.15, 0.2) is 0 Å². The van der Waals surface area contributed by atoms with E-state index >= 15 is 0 Å². The Morgan fingerprint density at radius 2 is 1.84 bits per heavy atom. The van der Waals surface area contributed by atoms with E-state index in [-0.39, 0.29) is 11.9 Å². The summed E-state index contributed by atoms with van der Waals surface area (Å²) in [6.07, 6.45) is 7.85. The molecule has 0 radical (unpaired) electrons. The van der Waals surface area contributed by atoms with Crippen LogP contribution in [0.1, 0.15) is 42.2 Å². The van der Waals surface area contributed by atoms with Crippen LogP contribution < -0.4 is 10.2 Å². The van der Waals surface area contributed by atoms with Crippen LogP contribution in [0.2, 0.25) is 0 Å². The minimum Gasteiger partial charge on any atom is -0.368 e. The van der Waals surface area contributed by atoms with Crippen molar-refractivity contribution in [3.63, 3.8) is 0 Å². The zero-order valence-electron chi connectivity index (χ0n) is 21.2. The van der Waals surface area contributed by atoms with Crippen LogP contribution >= 0.6 is 0 Å². The molecule has 1 saturated carbocycles. The van der Waals surface area contributed by atoms with Crippen LogP contribution in [0.4, 0.5) is 17.5 Å². The van der Waals surface area contributed by atoms with Crippen molar-refractivity contribution in [2.24, 2.45) is 0 Å². The fraction of sp³-hybridized carbons (Fsp3) is 0.440. The third kappa shape index (κ3) is 5.03. The molecule has 0 spiro atoms. The predicted octanol–water partition coefficient (Wildman–Crippen LogP) is 2.98.